The van der Waals surface area contributed by atoms with E-state index in [0.717, 1.165) is 36.5 Å². The number of rotatable bonds is 5. The minimum absolute atomic E-state index is 0.540. The molecule has 2 aromatic heterocycles. The van der Waals surface area contributed by atoms with Crippen LogP contribution in [-0.2, 0) is 0 Å². The lowest BCUT2D eigenvalue weighted by Crippen LogP contribution is -1.95. The molecule has 3 nitrogen and oxygen atoms in total. The van der Waals surface area contributed by atoms with E-state index >= 15 is 0 Å². The third-order valence-corrected chi connectivity index (χ3v) is 3.87. The van der Waals surface area contributed by atoms with Gasteiger partial charge in [0.05, 0.1) is 22.3 Å². The second kappa shape index (κ2) is 6.59. The van der Waals surface area contributed by atoms with Gasteiger partial charge in [0.1, 0.15) is 5.75 Å². The van der Waals surface area contributed by atoms with E-state index in [1.807, 2.05) is 34.9 Å². The molecule has 3 rings (SSSR count). The monoisotopic (exact) mass is 334 g/mol. The number of unbranched alkanes of at least 4 members (excludes halogenated alkanes) is 1. The molecule has 0 aliphatic rings. The van der Waals surface area contributed by atoms with E-state index in [0.29, 0.717) is 15.7 Å². The summed E-state index contributed by atoms with van der Waals surface area (Å²) in [6.07, 6.45) is 5.90. The predicted molar refractivity (Wildman–Crippen MR) is 91.1 cm³/mol. The third-order valence-electron chi connectivity index (χ3n) is 3.39. The molecular weight excluding hydrogens is 319 g/mol. The molecule has 22 heavy (non-hydrogen) atoms. The molecule has 0 N–H and O–H groups in total. The van der Waals surface area contributed by atoms with E-state index in [2.05, 4.69) is 11.9 Å². The Kier molecular flexibility index (Phi) is 4.55. The van der Waals surface area contributed by atoms with Crippen molar-refractivity contribution in [1.82, 2.24) is 9.38 Å². The summed E-state index contributed by atoms with van der Waals surface area (Å²) in [6.45, 7) is 2.89. The topological polar surface area (TPSA) is 26.5 Å². The van der Waals surface area contributed by atoms with E-state index in [1.165, 1.54) is 0 Å². The maximum atomic E-state index is 6.17. The van der Waals surface area contributed by atoms with Crippen molar-refractivity contribution in [3.8, 4) is 17.0 Å². The average molecular weight is 335 g/mol. The lowest BCUT2D eigenvalue weighted by atomic mass is 10.2. The quantitative estimate of drug-likeness (QED) is 0.577. The van der Waals surface area contributed by atoms with Crippen LogP contribution in [0, 0.1) is 0 Å². The van der Waals surface area contributed by atoms with Crippen molar-refractivity contribution in [2.45, 2.75) is 19.8 Å². The van der Waals surface area contributed by atoms with Crippen molar-refractivity contribution < 1.29 is 4.74 Å². The first-order chi connectivity index (χ1) is 10.7. The molecule has 0 radical (unpaired) electrons. The summed E-state index contributed by atoms with van der Waals surface area (Å²) in [4.78, 5) is 4.56. The molecule has 0 spiro atoms. The van der Waals surface area contributed by atoms with Crippen molar-refractivity contribution in [2.24, 2.45) is 0 Å². The predicted octanol–water partition coefficient (Wildman–Crippen LogP) is 5.49. The molecule has 3 aromatic rings. The van der Waals surface area contributed by atoms with Gasteiger partial charge in [-0.2, -0.15) is 0 Å². The number of imidazole rings is 1. The van der Waals surface area contributed by atoms with Crippen LogP contribution in [0.5, 0.6) is 5.75 Å². The molecular formula is C17H16Cl2N2O. The van der Waals surface area contributed by atoms with Crippen molar-refractivity contribution in [1.29, 1.82) is 0 Å². The highest BCUT2D eigenvalue weighted by molar-refractivity contribution is 6.36. The minimum Gasteiger partial charge on any atom is -0.494 e. The van der Waals surface area contributed by atoms with E-state index < -0.39 is 0 Å². The SMILES string of the molecule is CCCCOc1ccc(-c2cn3cc(Cl)cc(Cl)c3n2)cc1. The van der Waals surface area contributed by atoms with Gasteiger partial charge in [0.25, 0.3) is 0 Å². The molecule has 0 atom stereocenters. The third kappa shape index (κ3) is 3.21. The highest BCUT2D eigenvalue weighted by atomic mass is 35.5. The Morgan fingerprint density at radius 3 is 2.64 bits per heavy atom. The zero-order valence-corrected chi connectivity index (χ0v) is 13.7. The fourth-order valence-corrected chi connectivity index (χ4v) is 2.75. The Hall–Kier alpha value is -1.71. The second-order valence-electron chi connectivity index (χ2n) is 5.09. The number of nitrogens with zero attached hydrogens (tertiary/aromatic N) is 2. The van der Waals surface area contributed by atoms with Gasteiger partial charge in [-0.25, -0.2) is 4.98 Å². The lowest BCUT2D eigenvalue weighted by Gasteiger charge is -2.05. The van der Waals surface area contributed by atoms with Gasteiger partial charge < -0.3 is 9.14 Å². The van der Waals surface area contributed by atoms with Gasteiger partial charge in [-0.1, -0.05) is 36.5 Å². The molecule has 0 bridgehead atoms. The van der Waals surface area contributed by atoms with E-state index in [4.69, 9.17) is 27.9 Å². The van der Waals surface area contributed by atoms with Crippen LogP contribution in [0.2, 0.25) is 10.0 Å². The molecule has 114 valence electrons. The summed E-state index contributed by atoms with van der Waals surface area (Å²) in [5.74, 6) is 0.877. The Morgan fingerprint density at radius 2 is 1.91 bits per heavy atom. The number of pyridine rings is 1. The fourth-order valence-electron chi connectivity index (χ4n) is 2.22. The van der Waals surface area contributed by atoms with Gasteiger partial charge in [0.15, 0.2) is 5.65 Å². The summed E-state index contributed by atoms with van der Waals surface area (Å²) in [5.41, 5.74) is 2.56. The first-order valence-corrected chi connectivity index (χ1v) is 8.00. The van der Waals surface area contributed by atoms with Crippen LogP contribution in [0.1, 0.15) is 19.8 Å². The molecule has 1 aromatic carbocycles. The largest absolute Gasteiger partial charge is 0.494 e. The van der Waals surface area contributed by atoms with Crippen LogP contribution in [0.4, 0.5) is 0 Å². The summed E-state index contributed by atoms with van der Waals surface area (Å²) in [7, 11) is 0. The first-order valence-electron chi connectivity index (χ1n) is 7.24. The smallest absolute Gasteiger partial charge is 0.156 e. The highest BCUT2D eigenvalue weighted by Gasteiger charge is 2.08. The van der Waals surface area contributed by atoms with Gasteiger partial charge in [-0.15, -0.1) is 0 Å². The molecule has 0 aliphatic carbocycles. The normalized spacial score (nSPS) is 11.0. The van der Waals surface area contributed by atoms with Crippen LogP contribution in [-0.4, -0.2) is 16.0 Å². The van der Waals surface area contributed by atoms with Gasteiger partial charge in [-0.3, -0.25) is 0 Å². The van der Waals surface area contributed by atoms with Crippen molar-refractivity contribution in [2.75, 3.05) is 6.61 Å². The molecule has 0 amide bonds. The Morgan fingerprint density at radius 1 is 1.14 bits per heavy atom. The molecule has 0 saturated heterocycles. The number of fused-ring (bicyclic) bond motifs is 1. The van der Waals surface area contributed by atoms with Crippen LogP contribution >= 0.6 is 23.2 Å². The second-order valence-corrected chi connectivity index (χ2v) is 5.93. The fraction of sp³-hybridized carbons (Fsp3) is 0.235. The maximum Gasteiger partial charge on any atom is 0.156 e. The summed E-state index contributed by atoms with van der Waals surface area (Å²) >= 11 is 12.2. The number of halogens is 2. The average Bonchev–Trinajstić information content (AvgIpc) is 2.92. The van der Waals surface area contributed by atoms with Gasteiger partial charge in [0, 0.05) is 18.0 Å². The van der Waals surface area contributed by atoms with Gasteiger partial charge in [-0.05, 0) is 36.8 Å². The van der Waals surface area contributed by atoms with Crippen molar-refractivity contribution in [3.63, 3.8) is 0 Å². The van der Waals surface area contributed by atoms with Gasteiger partial charge in [0.2, 0.25) is 0 Å². The Labute approximate surface area is 139 Å². The van der Waals surface area contributed by atoms with Gasteiger partial charge >= 0.3 is 0 Å². The number of ether oxygens (including phenoxy) is 1. The Balaban J connectivity index is 1.86. The Bertz CT molecular complexity index is 781. The molecule has 0 unspecified atom stereocenters. The van der Waals surface area contributed by atoms with Crippen LogP contribution < -0.4 is 4.74 Å². The molecule has 0 fully saturated rings. The number of benzene rings is 1. The van der Waals surface area contributed by atoms with Crippen molar-refractivity contribution >= 4 is 28.8 Å². The molecule has 5 heteroatoms. The van der Waals surface area contributed by atoms with E-state index in [9.17, 15) is 0 Å². The lowest BCUT2D eigenvalue weighted by molar-refractivity contribution is 0.309. The van der Waals surface area contributed by atoms with Crippen LogP contribution in [0.3, 0.4) is 0 Å². The minimum atomic E-state index is 0.540. The molecule has 2 heterocycles. The zero-order chi connectivity index (χ0) is 15.5. The number of aromatic nitrogens is 2. The van der Waals surface area contributed by atoms with E-state index in [-0.39, 0.29) is 0 Å². The summed E-state index contributed by atoms with van der Waals surface area (Å²) in [5, 5.41) is 1.12. The number of hydrogen-bond donors (Lipinski definition) is 0. The van der Waals surface area contributed by atoms with Crippen LogP contribution in [0.15, 0.2) is 42.7 Å². The first kappa shape index (κ1) is 15.2. The van der Waals surface area contributed by atoms with Crippen molar-refractivity contribution in [3.05, 3.63) is 52.8 Å². The van der Waals surface area contributed by atoms with Crippen LogP contribution in [0.25, 0.3) is 16.9 Å². The highest BCUT2D eigenvalue weighted by Crippen LogP contribution is 2.27. The number of hydrogen-bond acceptors (Lipinski definition) is 2. The van der Waals surface area contributed by atoms with E-state index in [1.54, 1.807) is 12.3 Å². The molecule has 0 saturated carbocycles. The molecule has 0 aliphatic heterocycles. The summed E-state index contributed by atoms with van der Waals surface area (Å²) < 4.78 is 7.51. The zero-order valence-electron chi connectivity index (χ0n) is 12.2. The standard InChI is InChI=1S/C17H16Cl2N2O/c1-2-3-8-22-14-6-4-12(5-7-14)16-11-21-10-13(18)9-15(19)17(21)20-16/h4-7,9-11H,2-3,8H2,1H3. The maximum absolute atomic E-state index is 6.17. The summed E-state index contributed by atoms with van der Waals surface area (Å²) in [6, 6.07) is 9.62.